The molecule has 1 aliphatic rings. The predicted molar refractivity (Wildman–Crippen MR) is 66.2 cm³/mol. The molecule has 0 radical (unpaired) electrons. The fourth-order valence-corrected chi connectivity index (χ4v) is 2.02. The van der Waals surface area contributed by atoms with Crippen LogP contribution in [0.15, 0.2) is 12.1 Å². The van der Waals surface area contributed by atoms with Crippen LogP contribution in [0.4, 0.5) is 14.5 Å². The molecule has 0 unspecified atom stereocenters. The number of halogens is 2. The molecule has 1 heterocycles. The SMILES string of the molecule is CC(C)NCCN1C(=O)C(=O)c2c(F)cc(F)cc21. The average molecular weight is 268 g/mol. The topological polar surface area (TPSA) is 49.4 Å². The average Bonchev–Trinajstić information content (AvgIpc) is 2.53. The highest BCUT2D eigenvalue weighted by atomic mass is 19.1. The van der Waals surface area contributed by atoms with Gasteiger partial charge in [-0.3, -0.25) is 9.59 Å². The number of nitrogens with one attached hydrogen (secondary N) is 1. The highest BCUT2D eigenvalue weighted by Crippen LogP contribution is 2.31. The van der Waals surface area contributed by atoms with E-state index in [9.17, 15) is 18.4 Å². The minimum absolute atomic E-state index is 0.0121. The Labute approximate surface area is 109 Å². The van der Waals surface area contributed by atoms with Gasteiger partial charge in [-0.1, -0.05) is 13.8 Å². The molecule has 1 amide bonds. The number of carbonyl (C=O) groups is 2. The quantitative estimate of drug-likeness (QED) is 0.842. The standard InChI is InChI=1S/C13H14F2N2O2/c1-7(2)16-3-4-17-10-6-8(14)5-9(15)11(10)12(18)13(17)19/h5-7,16H,3-4H2,1-2H3. The van der Waals surface area contributed by atoms with Crippen molar-refractivity contribution >= 4 is 17.4 Å². The summed E-state index contributed by atoms with van der Waals surface area (Å²) in [5.74, 6) is -3.53. The van der Waals surface area contributed by atoms with Gasteiger partial charge in [-0.05, 0) is 6.07 Å². The van der Waals surface area contributed by atoms with Crippen molar-refractivity contribution in [2.45, 2.75) is 19.9 Å². The number of fused-ring (bicyclic) bond motifs is 1. The molecule has 4 nitrogen and oxygen atoms in total. The van der Waals surface area contributed by atoms with Gasteiger partial charge in [0.05, 0.1) is 11.3 Å². The van der Waals surface area contributed by atoms with Crippen LogP contribution in [0.1, 0.15) is 24.2 Å². The van der Waals surface area contributed by atoms with Crippen molar-refractivity contribution in [1.29, 1.82) is 0 Å². The van der Waals surface area contributed by atoms with Crippen molar-refractivity contribution in [3.05, 3.63) is 29.3 Å². The van der Waals surface area contributed by atoms with E-state index in [1.54, 1.807) is 0 Å². The van der Waals surface area contributed by atoms with Crippen molar-refractivity contribution in [3.63, 3.8) is 0 Å². The summed E-state index contributed by atoms with van der Waals surface area (Å²) in [6, 6.07) is 1.84. The number of ketones is 1. The van der Waals surface area contributed by atoms with Crippen molar-refractivity contribution in [1.82, 2.24) is 5.32 Å². The molecule has 0 aliphatic carbocycles. The molecule has 2 rings (SSSR count). The van der Waals surface area contributed by atoms with E-state index in [0.717, 1.165) is 11.0 Å². The van der Waals surface area contributed by atoms with Crippen LogP contribution in [-0.2, 0) is 4.79 Å². The highest BCUT2D eigenvalue weighted by Gasteiger charge is 2.38. The van der Waals surface area contributed by atoms with Crippen molar-refractivity contribution in [2.75, 3.05) is 18.0 Å². The Kier molecular flexibility index (Phi) is 3.61. The third-order valence-corrected chi connectivity index (χ3v) is 2.88. The smallest absolute Gasteiger partial charge is 0.299 e. The summed E-state index contributed by atoms with van der Waals surface area (Å²) < 4.78 is 26.7. The summed E-state index contributed by atoms with van der Waals surface area (Å²) >= 11 is 0. The van der Waals surface area contributed by atoms with Crippen molar-refractivity contribution in [2.24, 2.45) is 0 Å². The van der Waals surface area contributed by atoms with Gasteiger partial charge in [-0.15, -0.1) is 0 Å². The lowest BCUT2D eigenvalue weighted by atomic mass is 10.1. The monoisotopic (exact) mass is 268 g/mol. The van der Waals surface area contributed by atoms with E-state index < -0.39 is 23.3 Å². The van der Waals surface area contributed by atoms with E-state index in [0.29, 0.717) is 12.6 Å². The first-order valence-corrected chi connectivity index (χ1v) is 6.00. The van der Waals surface area contributed by atoms with Gasteiger partial charge in [0.25, 0.3) is 11.7 Å². The second-order valence-electron chi connectivity index (χ2n) is 4.68. The second kappa shape index (κ2) is 5.05. The van der Waals surface area contributed by atoms with E-state index in [1.165, 1.54) is 0 Å². The number of Topliss-reactive ketones (excluding diaryl/α,β-unsaturated/α-hetero) is 1. The van der Waals surface area contributed by atoms with Crippen LogP contribution >= 0.6 is 0 Å². The lowest BCUT2D eigenvalue weighted by molar-refractivity contribution is -0.114. The Morgan fingerprint density at radius 2 is 1.95 bits per heavy atom. The number of carbonyl (C=O) groups excluding carboxylic acids is 2. The maximum absolute atomic E-state index is 13.5. The summed E-state index contributed by atoms with van der Waals surface area (Å²) in [4.78, 5) is 24.5. The molecule has 1 aliphatic heterocycles. The largest absolute Gasteiger partial charge is 0.313 e. The molecule has 1 N–H and O–H groups in total. The molecule has 1 aromatic rings. The third kappa shape index (κ3) is 2.49. The van der Waals surface area contributed by atoms with Crippen LogP contribution in [0.5, 0.6) is 0 Å². The fraction of sp³-hybridized carbons (Fsp3) is 0.385. The summed E-state index contributed by atoms with van der Waals surface area (Å²) in [5.41, 5.74) is -0.325. The van der Waals surface area contributed by atoms with E-state index in [2.05, 4.69) is 5.32 Å². The maximum Gasteiger partial charge on any atom is 0.299 e. The van der Waals surface area contributed by atoms with Gasteiger partial charge in [-0.2, -0.15) is 0 Å². The Hall–Kier alpha value is -1.82. The number of hydrogen-bond acceptors (Lipinski definition) is 3. The molecule has 1 aromatic carbocycles. The third-order valence-electron chi connectivity index (χ3n) is 2.88. The van der Waals surface area contributed by atoms with E-state index >= 15 is 0 Å². The van der Waals surface area contributed by atoms with Gasteiger partial charge in [0.2, 0.25) is 0 Å². The van der Waals surface area contributed by atoms with Crippen LogP contribution < -0.4 is 10.2 Å². The fourth-order valence-electron chi connectivity index (χ4n) is 2.02. The maximum atomic E-state index is 13.5. The molecular weight excluding hydrogens is 254 g/mol. The van der Waals surface area contributed by atoms with Gasteiger partial charge < -0.3 is 10.2 Å². The van der Waals surface area contributed by atoms with Gasteiger partial charge in [-0.25, -0.2) is 8.78 Å². The lowest BCUT2D eigenvalue weighted by Gasteiger charge is -2.17. The number of anilines is 1. The number of amides is 1. The minimum Gasteiger partial charge on any atom is -0.313 e. The molecular formula is C13H14F2N2O2. The van der Waals surface area contributed by atoms with Gasteiger partial charge in [0.15, 0.2) is 0 Å². The zero-order valence-electron chi connectivity index (χ0n) is 10.7. The zero-order chi connectivity index (χ0) is 14.2. The van der Waals surface area contributed by atoms with Crippen LogP contribution in [0.2, 0.25) is 0 Å². The van der Waals surface area contributed by atoms with Crippen LogP contribution in [-0.4, -0.2) is 30.8 Å². The molecule has 102 valence electrons. The Balaban J connectivity index is 2.28. The molecule has 0 atom stereocenters. The second-order valence-corrected chi connectivity index (χ2v) is 4.68. The molecule has 0 aromatic heterocycles. The van der Waals surface area contributed by atoms with Crippen molar-refractivity contribution in [3.8, 4) is 0 Å². The first-order chi connectivity index (χ1) is 8.91. The minimum atomic E-state index is -0.993. The number of nitrogens with zero attached hydrogens (tertiary/aromatic N) is 1. The molecule has 0 bridgehead atoms. The van der Waals surface area contributed by atoms with Crippen LogP contribution in [0.3, 0.4) is 0 Å². The number of benzene rings is 1. The molecule has 6 heteroatoms. The first kappa shape index (κ1) is 13.6. The lowest BCUT2D eigenvalue weighted by Crippen LogP contribution is -2.37. The number of rotatable bonds is 4. The molecule has 0 saturated heterocycles. The Morgan fingerprint density at radius 3 is 2.58 bits per heavy atom. The predicted octanol–water partition coefficient (Wildman–Crippen LogP) is 1.49. The summed E-state index contributed by atoms with van der Waals surface area (Å²) in [7, 11) is 0. The molecule has 0 spiro atoms. The number of hydrogen-bond donors (Lipinski definition) is 1. The molecule has 19 heavy (non-hydrogen) atoms. The highest BCUT2D eigenvalue weighted by molar-refractivity contribution is 6.52. The first-order valence-electron chi connectivity index (χ1n) is 6.00. The Bertz CT molecular complexity index is 544. The molecule has 0 saturated carbocycles. The summed E-state index contributed by atoms with van der Waals surface area (Å²) in [6.07, 6.45) is 0. The summed E-state index contributed by atoms with van der Waals surface area (Å²) in [6.45, 7) is 4.50. The normalized spacial score (nSPS) is 14.5. The van der Waals surface area contributed by atoms with Gasteiger partial charge in [0.1, 0.15) is 11.6 Å². The summed E-state index contributed by atoms with van der Waals surface area (Å²) in [5, 5.41) is 3.08. The Morgan fingerprint density at radius 1 is 1.26 bits per heavy atom. The van der Waals surface area contributed by atoms with Crippen LogP contribution in [0.25, 0.3) is 0 Å². The van der Waals surface area contributed by atoms with Gasteiger partial charge >= 0.3 is 0 Å². The van der Waals surface area contributed by atoms with E-state index in [-0.39, 0.29) is 23.8 Å². The zero-order valence-corrected chi connectivity index (χ0v) is 10.7. The molecule has 0 fully saturated rings. The van der Waals surface area contributed by atoms with Crippen LogP contribution in [0, 0.1) is 11.6 Å². The van der Waals surface area contributed by atoms with E-state index in [4.69, 9.17) is 0 Å². The van der Waals surface area contributed by atoms with Gasteiger partial charge in [0, 0.05) is 25.2 Å². The van der Waals surface area contributed by atoms with Crippen molar-refractivity contribution < 1.29 is 18.4 Å². The van der Waals surface area contributed by atoms with E-state index in [1.807, 2.05) is 13.8 Å².